The first-order valence-corrected chi connectivity index (χ1v) is 13.7. The van der Waals surface area contributed by atoms with Crippen molar-refractivity contribution < 1.29 is 17.0 Å². The number of benzene rings is 4. The van der Waals surface area contributed by atoms with Gasteiger partial charge in [0.2, 0.25) is 0 Å². The Labute approximate surface area is 202 Å². The molecule has 4 aromatic rings. The number of hydrogen-bond donors (Lipinski definition) is 0. The SMILES string of the molecule is Cc1ccc(S(=O)c2ccccc2[C@H](F)[C@H](CS(=O)(=O)c2ccccc2)c2ccccc2)cc1. The predicted octanol–water partition coefficient (Wildman–Crippen LogP) is 6.43. The largest absolute Gasteiger partial charge is 0.249 e. The molecule has 6 heteroatoms. The van der Waals surface area contributed by atoms with Crippen LogP contribution >= 0.6 is 0 Å². The van der Waals surface area contributed by atoms with Crippen molar-refractivity contribution in [2.24, 2.45) is 0 Å². The van der Waals surface area contributed by atoms with E-state index in [1.807, 2.05) is 19.1 Å². The number of sulfone groups is 1. The van der Waals surface area contributed by atoms with Gasteiger partial charge in [0.1, 0.15) is 6.17 Å². The average Bonchev–Trinajstić information content (AvgIpc) is 2.88. The highest BCUT2D eigenvalue weighted by Crippen LogP contribution is 2.39. The van der Waals surface area contributed by atoms with Crippen molar-refractivity contribution in [3.63, 3.8) is 0 Å². The second-order valence-electron chi connectivity index (χ2n) is 8.13. The Morgan fingerprint density at radius 2 is 1.32 bits per heavy atom. The van der Waals surface area contributed by atoms with E-state index in [1.165, 1.54) is 12.1 Å². The molecule has 0 amide bonds. The molecule has 4 aromatic carbocycles. The number of hydrogen-bond acceptors (Lipinski definition) is 3. The van der Waals surface area contributed by atoms with Crippen molar-refractivity contribution >= 4 is 20.6 Å². The van der Waals surface area contributed by atoms with Crippen molar-refractivity contribution in [2.75, 3.05) is 5.75 Å². The van der Waals surface area contributed by atoms with E-state index in [9.17, 15) is 12.6 Å². The van der Waals surface area contributed by atoms with Crippen LogP contribution in [0.3, 0.4) is 0 Å². The second kappa shape index (κ2) is 10.5. The van der Waals surface area contributed by atoms with Crippen LogP contribution in [0.4, 0.5) is 4.39 Å². The fraction of sp³-hybridized carbons (Fsp3) is 0.143. The predicted molar refractivity (Wildman–Crippen MR) is 134 cm³/mol. The van der Waals surface area contributed by atoms with E-state index >= 15 is 4.39 Å². The summed E-state index contributed by atoms with van der Waals surface area (Å²) in [5.41, 5.74) is 1.84. The van der Waals surface area contributed by atoms with E-state index in [-0.39, 0.29) is 10.5 Å². The van der Waals surface area contributed by atoms with E-state index in [1.54, 1.807) is 84.9 Å². The lowest BCUT2D eigenvalue weighted by Gasteiger charge is -2.24. The summed E-state index contributed by atoms with van der Waals surface area (Å²) in [6, 6.07) is 30.8. The van der Waals surface area contributed by atoms with Crippen LogP contribution in [0, 0.1) is 6.92 Å². The van der Waals surface area contributed by atoms with Crippen molar-refractivity contribution in [2.45, 2.75) is 33.7 Å². The van der Waals surface area contributed by atoms with Crippen molar-refractivity contribution in [3.8, 4) is 0 Å². The van der Waals surface area contributed by atoms with Gasteiger partial charge in [-0.15, -0.1) is 0 Å². The van der Waals surface area contributed by atoms with Gasteiger partial charge < -0.3 is 0 Å². The van der Waals surface area contributed by atoms with E-state index in [0.29, 0.717) is 15.4 Å². The molecule has 3 atom stereocenters. The molecule has 0 bridgehead atoms. The van der Waals surface area contributed by atoms with Gasteiger partial charge >= 0.3 is 0 Å². The fourth-order valence-electron chi connectivity index (χ4n) is 3.89. The summed E-state index contributed by atoms with van der Waals surface area (Å²) in [4.78, 5) is 1.06. The Morgan fingerprint density at radius 3 is 1.97 bits per heavy atom. The highest BCUT2D eigenvalue weighted by atomic mass is 32.2. The zero-order valence-corrected chi connectivity index (χ0v) is 20.3. The lowest BCUT2D eigenvalue weighted by molar-refractivity contribution is 0.295. The molecule has 0 aliphatic carbocycles. The molecule has 0 saturated heterocycles. The van der Waals surface area contributed by atoms with Gasteiger partial charge in [-0.1, -0.05) is 84.4 Å². The third kappa shape index (κ3) is 5.34. The Balaban J connectivity index is 1.75. The summed E-state index contributed by atoms with van der Waals surface area (Å²) < 4.78 is 56.1. The highest BCUT2D eigenvalue weighted by Gasteiger charge is 2.32. The molecule has 0 aromatic heterocycles. The normalized spacial score (nSPS) is 14.3. The molecule has 0 fully saturated rings. The minimum absolute atomic E-state index is 0.152. The molecule has 0 saturated carbocycles. The summed E-state index contributed by atoms with van der Waals surface area (Å²) in [7, 11) is -5.38. The first-order chi connectivity index (χ1) is 16.4. The van der Waals surface area contributed by atoms with E-state index in [4.69, 9.17) is 0 Å². The van der Waals surface area contributed by atoms with Crippen LogP contribution in [0.1, 0.15) is 28.8 Å². The zero-order valence-electron chi connectivity index (χ0n) is 18.7. The van der Waals surface area contributed by atoms with Crippen LogP contribution in [0.25, 0.3) is 0 Å². The molecule has 0 aliphatic rings. The van der Waals surface area contributed by atoms with Gasteiger partial charge in [0.15, 0.2) is 9.84 Å². The van der Waals surface area contributed by atoms with Gasteiger partial charge in [-0.3, -0.25) is 0 Å². The smallest absolute Gasteiger partial charge is 0.179 e. The molecule has 0 heterocycles. The Morgan fingerprint density at radius 1 is 0.765 bits per heavy atom. The summed E-state index contributed by atoms with van der Waals surface area (Å²) >= 11 is 0. The minimum atomic E-state index is -3.77. The third-order valence-corrected chi connectivity index (χ3v) is 8.99. The summed E-state index contributed by atoms with van der Waals surface area (Å²) in [6.45, 7) is 1.94. The lowest BCUT2D eigenvalue weighted by atomic mass is 9.91. The summed E-state index contributed by atoms with van der Waals surface area (Å²) in [5.74, 6) is -1.38. The fourth-order valence-corrected chi connectivity index (χ4v) is 6.73. The summed E-state index contributed by atoms with van der Waals surface area (Å²) in [6.07, 6.45) is -1.67. The lowest BCUT2D eigenvalue weighted by Crippen LogP contribution is -2.20. The molecule has 0 spiro atoms. The quantitative estimate of drug-likeness (QED) is 0.285. The Kier molecular flexibility index (Phi) is 7.39. The molecular formula is C28H25FO3S2. The third-order valence-electron chi connectivity index (χ3n) is 5.73. The first kappa shape index (κ1) is 24.0. The molecule has 174 valence electrons. The van der Waals surface area contributed by atoms with E-state index in [0.717, 1.165) is 5.56 Å². The Bertz CT molecular complexity index is 1370. The monoisotopic (exact) mass is 492 g/mol. The van der Waals surface area contributed by atoms with Crippen LogP contribution in [0.15, 0.2) is 124 Å². The molecule has 0 radical (unpaired) electrons. The minimum Gasteiger partial charge on any atom is -0.249 e. The van der Waals surface area contributed by atoms with Crippen LogP contribution in [0.2, 0.25) is 0 Å². The molecule has 4 rings (SSSR count). The topological polar surface area (TPSA) is 51.2 Å². The van der Waals surface area contributed by atoms with Gasteiger partial charge in [-0.25, -0.2) is 17.0 Å². The molecular weight excluding hydrogens is 467 g/mol. The highest BCUT2D eigenvalue weighted by molar-refractivity contribution is 7.91. The number of rotatable bonds is 8. The van der Waals surface area contributed by atoms with Crippen LogP contribution < -0.4 is 0 Å². The molecule has 1 unspecified atom stereocenters. The van der Waals surface area contributed by atoms with Crippen LogP contribution in [-0.2, 0) is 20.6 Å². The number of aryl methyl sites for hydroxylation is 1. The van der Waals surface area contributed by atoms with Crippen molar-refractivity contribution in [1.82, 2.24) is 0 Å². The van der Waals surface area contributed by atoms with Crippen molar-refractivity contribution in [3.05, 3.63) is 126 Å². The maximum absolute atomic E-state index is 16.3. The van der Waals surface area contributed by atoms with Gasteiger partial charge in [0, 0.05) is 21.3 Å². The molecule has 3 nitrogen and oxygen atoms in total. The number of halogens is 1. The standard InChI is InChI=1S/C28H25FO3S2/c1-21-16-18-23(19-17-21)33(30)27-15-9-8-14-25(27)28(29)26(22-10-4-2-5-11-22)20-34(31,32)24-12-6-3-7-13-24/h2-19,26,28H,20H2,1H3/t26-,28+,33?/m1/s1. The van der Waals surface area contributed by atoms with E-state index < -0.39 is 38.5 Å². The van der Waals surface area contributed by atoms with Crippen molar-refractivity contribution in [1.29, 1.82) is 0 Å². The zero-order chi connectivity index (χ0) is 24.1. The maximum Gasteiger partial charge on any atom is 0.179 e. The molecule has 0 N–H and O–H groups in total. The Hall–Kier alpha value is -3.09. The van der Waals surface area contributed by atoms with Crippen LogP contribution in [0.5, 0.6) is 0 Å². The van der Waals surface area contributed by atoms with E-state index in [2.05, 4.69) is 0 Å². The molecule has 0 aliphatic heterocycles. The van der Waals surface area contributed by atoms with Gasteiger partial charge in [0.25, 0.3) is 0 Å². The number of alkyl halides is 1. The second-order valence-corrected chi connectivity index (χ2v) is 11.6. The van der Waals surface area contributed by atoms with Gasteiger partial charge in [-0.05, 0) is 42.8 Å². The maximum atomic E-state index is 16.3. The van der Waals surface area contributed by atoms with Crippen LogP contribution in [-0.4, -0.2) is 18.4 Å². The first-order valence-electron chi connectivity index (χ1n) is 10.9. The average molecular weight is 493 g/mol. The molecule has 34 heavy (non-hydrogen) atoms. The van der Waals surface area contributed by atoms with Gasteiger partial charge in [-0.2, -0.15) is 0 Å². The summed E-state index contributed by atoms with van der Waals surface area (Å²) in [5, 5.41) is 0. The van der Waals surface area contributed by atoms with Gasteiger partial charge in [0.05, 0.1) is 21.4 Å².